The van der Waals surface area contributed by atoms with Crippen molar-refractivity contribution in [2.24, 2.45) is 0 Å². The van der Waals surface area contributed by atoms with Gasteiger partial charge in [0.2, 0.25) is 5.91 Å². The highest BCUT2D eigenvalue weighted by Gasteiger charge is 2.30. The highest BCUT2D eigenvalue weighted by Crippen LogP contribution is 2.40. The fourth-order valence-corrected chi connectivity index (χ4v) is 4.34. The van der Waals surface area contributed by atoms with E-state index in [1.165, 1.54) is 23.9 Å². The molecular weight excluding hydrogens is 410 g/mol. The van der Waals surface area contributed by atoms with Gasteiger partial charge in [-0.2, -0.15) is 0 Å². The first-order valence-electron chi connectivity index (χ1n) is 9.00. The highest BCUT2D eigenvalue weighted by molar-refractivity contribution is 7.99. The molecule has 3 aromatic rings. The number of benzene rings is 1. The van der Waals surface area contributed by atoms with Crippen LogP contribution in [0.1, 0.15) is 18.9 Å². The van der Waals surface area contributed by atoms with Crippen molar-refractivity contribution >= 4 is 33.2 Å². The number of nitrogens with zero attached hydrogens (tertiary/aromatic N) is 4. The molecule has 4 rings (SSSR count). The van der Waals surface area contributed by atoms with Crippen molar-refractivity contribution in [3.63, 3.8) is 0 Å². The maximum atomic E-state index is 12.4. The Balaban J connectivity index is 1.46. The Kier molecular flexibility index (Phi) is 5.37. The number of carbonyl (C=O) groups excluding carboxylic acids is 1. The molecule has 1 aliphatic rings. The summed E-state index contributed by atoms with van der Waals surface area (Å²) in [4.78, 5) is 16.6. The molecule has 0 saturated heterocycles. The summed E-state index contributed by atoms with van der Waals surface area (Å²) in [5.41, 5.74) is 1.38. The summed E-state index contributed by atoms with van der Waals surface area (Å²) in [6.45, 7) is 0. The summed E-state index contributed by atoms with van der Waals surface area (Å²) in [6.07, 6.45) is 6.69. The van der Waals surface area contributed by atoms with Crippen LogP contribution < -0.4 is 5.32 Å². The molecule has 29 heavy (non-hydrogen) atoms. The minimum absolute atomic E-state index is 0.143. The molecule has 0 aliphatic heterocycles. The zero-order valence-electron chi connectivity index (χ0n) is 15.6. The van der Waals surface area contributed by atoms with Crippen LogP contribution in [0.5, 0.6) is 0 Å². The van der Waals surface area contributed by atoms with Gasteiger partial charge in [-0.25, -0.2) is 8.42 Å². The number of anilines is 1. The molecule has 1 aliphatic carbocycles. The minimum atomic E-state index is -3.33. The average Bonchev–Trinajstić information content (AvgIpc) is 3.45. The summed E-state index contributed by atoms with van der Waals surface area (Å²) < 4.78 is 25.4. The van der Waals surface area contributed by atoms with Crippen LogP contribution in [0.3, 0.4) is 0 Å². The van der Waals surface area contributed by atoms with Gasteiger partial charge in [-0.3, -0.25) is 14.3 Å². The van der Waals surface area contributed by atoms with Gasteiger partial charge in [0.15, 0.2) is 20.8 Å². The van der Waals surface area contributed by atoms with E-state index in [1.807, 2.05) is 12.1 Å². The van der Waals surface area contributed by atoms with E-state index in [2.05, 4.69) is 25.1 Å². The molecule has 1 amide bonds. The van der Waals surface area contributed by atoms with E-state index in [4.69, 9.17) is 0 Å². The molecular formula is C19H19N5O3S2. The molecule has 150 valence electrons. The van der Waals surface area contributed by atoms with E-state index in [0.717, 1.165) is 30.5 Å². The first-order valence-corrected chi connectivity index (χ1v) is 11.9. The summed E-state index contributed by atoms with van der Waals surface area (Å²) in [5, 5.41) is 12.0. The molecule has 10 heteroatoms. The van der Waals surface area contributed by atoms with Gasteiger partial charge in [-0.1, -0.05) is 17.8 Å². The zero-order valence-corrected chi connectivity index (χ0v) is 17.3. The lowest BCUT2D eigenvalue weighted by molar-refractivity contribution is -0.113. The minimum Gasteiger partial charge on any atom is -0.325 e. The van der Waals surface area contributed by atoms with Crippen molar-refractivity contribution in [3.05, 3.63) is 48.8 Å². The van der Waals surface area contributed by atoms with Crippen LogP contribution in [-0.2, 0) is 14.6 Å². The monoisotopic (exact) mass is 429 g/mol. The number of amides is 1. The molecule has 0 radical (unpaired) electrons. The smallest absolute Gasteiger partial charge is 0.234 e. The molecule has 1 aromatic carbocycles. The number of thioether (sulfide) groups is 1. The standard InChI is InChI=1S/C19H19N5O3S2/c1-29(26,27)16-4-2-3-14(11-16)21-17(25)12-28-19-23-22-18(24(19)15-5-6-15)13-7-9-20-10-8-13/h2-4,7-11,15H,5-6,12H2,1H3,(H,21,25). The number of rotatable bonds is 7. The normalized spacial score (nSPS) is 14.0. The first-order chi connectivity index (χ1) is 13.9. The van der Waals surface area contributed by atoms with Crippen molar-refractivity contribution in [3.8, 4) is 11.4 Å². The Bertz CT molecular complexity index is 1140. The predicted molar refractivity (Wildman–Crippen MR) is 110 cm³/mol. The van der Waals surface area contributed by atoms with Crippen molar-refractivity contribution in [1.82, 2.24) is 19.7 Å². The summed E-state index contributed by atoms with van der Waals surface area (Å²) >= 11 is 1.31. The molecule has 2 heterocycles. The Morgan fingerprint density at radius 3 is 2.66 bits per heavy atom. The third-order valence-electron chi connectivity index (χ3n) is 4.39. The van der Waals surface area contributed by atoms with Gasteiger partial charge in [-0.15, -0.1) is 10.2 Å². The third-order valence-corrected chi connectivity index (χ3v) is 6.45. The molecule has 0 spiro atoms. The summed E-state index contributed by atoms with van der Waals surface area (Å²) in [7, 11) is -3.33. The summed E-state index contributed by atoms with van der Waals surface area (Å²) in [6, 6.07) is 10.3. The van der Waals surface area contributed by atoms with Crippen LogP contribution in [-0.4, -0.2) is 46.1 Å². The zero-order chi connectivity index (χ0) is 20.4. The second kappa shape index (κ2) is 7.96. The van der Waals surface area contributed by atoms with Crippen LogP contribution in [0.4, 0.5) is 5.69 Å². The maximum Gasteiger partial charge on any atom is 0.234 e. The predicted octanol–water partition coefficient (Wildman–Crippen LogP) is 2.81. The fourth-order valence-electron chi connectivity index (χ4n) is 2.87. The SMILES string of the molecule is CS(=O)(=O)c1cccc(NC(=O)CSc2nnc(-c3ccncc3)n2C2CC2)c1. The molecule has 0 unspecified atom stereocenters. The fraction of sp³-hybridized carbons (Fsp3) is 0.263. The second-order valence-corrected chi connectivity index (χ2v) is 9.74. The van der Waals surface area contributed by atoms with Gasteiger partial charge < -0.3 is 5.32 Å². The number of hydrogen-bond acceptors (Lipinski definition) is 7. The van der Waals surface area contributed by atoms with Crippen LogP contribution >= 0.6 is 11.8 Å². The van der Waals surface area contributed by atoms with Crippen molar-refractivity contribution in [2.75, 3.05) is 17.3 Å². The van der Waals surface area contributed by atoms with E-state index in [1.54, 1.807) is 24.5 Å². The van der Waals surface area contributed by atoms with Gasteiger partial charge in [0.05, 0.1) is 10.6 Å². The molecule has 1 N–H and O–H groups in total. The Morgan fingerprint density at radius 1 is 1.21 bits per heavy atom. The van der Waals surface area contributed by atoms with Gasteiger partial charge in [0, 0.05) is 35.9 Å². The van der Waals surface area contributed by atoms with Gasteiger partial charge in [-0.05, 0) is 43.2 Å². The molecule has 1 saturated carbocycles. The van der Waals surface area contributed by atoms with E-state index in [9.17, 15) is 13.2 Å². The number of nitrogens with one attached hydrogen (secondary N) is 1. The third kappa shape index (κ3) is 4.65. The number of pyridine rings is 1. The van der Waals surface area contributed by atoms with Crippen molar-refractivity contribution in [2.45, 2.75) is 28.9 Å². The molecule has 0 atom stereocenters. The average molecular weight is 430 g/mol. The van der Waals surface area contributed by atoms with E-state index in [-0.39, 0.29) is 16.6 Å². The molecule has 1 fully saturated rings. The van der Waals surface area contributed by atoms with Crippen LogP contribution in [0.25, 0.3) is 11.4 Å². The Morgan fingerprint density at radius 2 is 1.97 bits per heavy atom. The van der Waals surface area contributed by atoms with E-state index < -0.39 is 9.84 Å². The van der Waals surface area contributed by atoms with Crippen molar-refractivity contribution < 1.29 is 13.2 Å². The lowest BCUT2D eigenvalue weighted by atomic mass is 10.2. The highest BCUT2D eigenvalue weighted by atomic mass is 32.2. The second-order valence-electron chi connectivity index (χ2n) is 6.78. The van der Waals surface area contributed by atoms with Gasteiger partial charge >= 0.3 is 0 Å². The lowest BCUT2D eigenvalue weighted by Gasteiger charge is -2.09. The summed E-state index contributed by atoms with van der Waals surface area (Å²) in [5.74, 6) is 0.680. The number of sulfone groups is 1. The number of carbonyl (C=O) groups is 1. The van der Waals surface area contributed by atoms with E-state index >= 15 is 0 Å². The Labute approximate surface area is 172 Å². The Hall–Kier alpha value is -2.72. The lowest BCUT2D eigenvalue weighted by Crippen LogP contribution is -2.15. The molecule has 2 aromatic heterocycles. The van der Waals surface area contributed by atoms with Gasteiger partial charge in [0.25, 0.3) is 0 Å². The number of aromatic nitrogens is 4. The van der Waals surface area contributed by atoms with Crippen LogP contribution in [0.15, 0.2) is 58.8 Å². The van der Waals surface area contributed by atoms with Crippen molar-refractivity contribution in [1.29, 1.82) is 0 Å². The first kappa shape index (κ1) is 19.6. The van der Waals surface area contributed by atoms with Gasteiger partial charge in [0.1, 0.15) is 0 Å². The quantitative estimate of drug-likeness (QED) is 0.576. The maximum absolute atomic E-state index is 12.4. The molecule has 8 nitrogen and oxygen atoms in total. The largest absolute Gasteiger partial charge is 0.325 e. The molecule has 0 bridgehead atoms. The number of hydrogen-bond donors (Lipinski definition) is 1. The van der Waals surface area contributed by atoms with E-state index in [0.29, 0.717) is 16.9 Å². The van der Waals surface area contributed by atoms with Crippen LogP contribution in [0, 0.1) is 0 Å². The topological polar surface area (TPSA) is 107 Å². The van der Waals surface area contributed by atoms with Crippen LogP contribution in [0.2, 0.25) is 0 Å².